The van der Waals surface area contributed by atoms with Gasteiger partial charge in [-0.25, -0.2) is 4.39 Å². The zero-order chi connectivity index (χ0) is 20.1. The van der Waals surface area contributed by atoms with Gasteiger partial charge in [-0.05, 0) is 56.6 Å². The van der Waals surface area contributed by atoms with Gasteiger partial charge in [0.05, 0.1) is 16.8 Å². The second-order valence-electron chi connectivity index (χ2n) is 7.75. The fourth-order valence-electron chi connectivity index (χ4n) is 4.58. The monoisotopic (exact) mass is 393 g/mol. The Labute approximate surface area is 166 Å². The summed E-state index contributed by atoms with van der Waals surface area (Å²) in [5.41, 5.74) is 3.20. The second-order valence-corrected chi connectivity index (χ2v) is 7.75. The molecule has 3 aromatic rings. The topological polar surface area (TPSA) is 75.4 Å². The summed E-state index contributed by atoms with van der Waals surface area (Å²) in [5, 5.41) is 7.46. The molecule has 0 radical (unpaired) electrons. The summed E-state index contributed by atoms with van der Waals surface area (Å²) in [6, 6.07) is 9.99. The Bertz CT molecular complexity index is 1130. The molecule has 0 aliphatic carbocycles. The van der Waals surface area contributed by atoms with Gasteiger partial charge < -0.3 is 4.52 Å². The van der Waals surface area contributed by atoms with E-state index in [2.05, 4.69) is 22.3 Å². The molecule has 0 saturated carbocycles. The SMILES string of the molecule is CC(c1cccc2c1C(=O)NC2=O)N1CCC(c2noc3cc(F)ccc23)CC1. The molecule has 0 spiro atoms. The smallest absolute Gasteiger partial charge is 0.259 e. The number of hydrogen-bond donors (Lipinski definition) is 1. The van der Waals surface area contributed by atoms with Crippen molar-refractivity contribution in [1.29, 1.82) is 0 Å². The molecule has 2 aliphatic heterocycles. The zero-order valence-electron chi connectivity index (χ0n) is 15.9. The standard InChI is InChI=1S/C22H20FN3O3/c1-12(15-3-2-4-17-19(15)22(28)24-21(17)27)26-9-7-13(8-10-26)20-16-6-5-14(23)11-18(16)29-25-20/h2-6,11-13H,7-10H2,1H3,(H,24,27,28). The molecule has 1 atom stereocenters. The van der Waals surface area contributed by atoms with Gasteiger partial charge in [0.15, 0.2) is 5.58 Å². The van der Waals surface area contributed by atoms with Crippen molar-refractivity contribution >= 4 is 22.8 Å². The van der Waals surface area contributed by atoms with E-state index in [0.717, 1.165) is 42.6 Å². The summed E-state index contributed by atoms with van der Waals surface area (Å²) >= 11 is 0. The van der Waals surface area contributed by atoms with Gasteiger partial charge in [0.1, 0.15) is 5.82 Å². The number of imide groups is 1. The van der Waals surface area contributed by atoms with Crippen molar-refractivity contribution in [3.05, 3.63) is 64.6 Å². The van der Waals surface area contributed by atoms with Crippen molar-refractivity contribution < 1.29 is 18.5 Å². The van der Waals surface area contributed by atoms with Crippen molar-refractivity contribution in [1.82, 2.24) is 15.4 Å². The average molecular weight is 393 g/mol. The minimum Gasteiger partial charge on any atom is -0.356 e. The Kier molecular flexibility index (Phi) is 4.20. The van der Waals surface area contributed by atoms with Gasteiger partial charge in [0.25, 0.3) is 11.8 Å². The molecule has 5 rings (SSSR count). The molecule has 29 heavy (non-hydrogen) atoms. The molecule has 2 aromatic carbocycles. The normalized spacial score (nSPS) is 18.8. The highest BCUT2D eigenvalue weighted by molar-refractivity contribution is 6.22. The number of piperidine rings is 1. The molecule has 6 nitrogen and oxygen atoms in total. The van der Waals surface area contributed by atoms with Gasteiger partial charge in [-0.2, -0.15) is 0 Å². The number of aromatic nitrogens is 1. The molecule has 1 fully saturated rings. The van der Waals surface area contributed by atoms with E-state index in [9.17, 15) is 14.0 Å². The van der Waals surface area contributed by atoms with E-state index in [1.165, 1.54) is 12.1 Å². The van der Waals surface area contributed by atoms with Crippen LogP contribution in [-0.2, 0) is 0 Å². The lowest BCUT2D eigenvalue weighted by atomic mass is 9.89. The third-order valence-corrected chi connectivity index (χ3v) is 6.17. The van der Waals surface area contributed by atoms with Crippen molar-refractivity contribution in [2.24, 2.45) is 0 Å². The summed E-state index contributed by atoms with van der Waals surface area (Å²) in [7, 11) is 0. The highest BCUT2D eigenvalue weighted by Gasteiger charge is 2.33. The number of nitrogens with one attached hydrogen (secondary N) is 1. The van der Waals surface area contributed by atoms with Crippen LogP contribution in [0.4, 0.5) is 4.39 Å². The quantitative estimate of drug-likeness (QED) is 0.685. The maximum Gasteiger partial charge on any atom is 0.259 e. The highest BCUT2D eigenvalue weighted by atomic mass is 19.1. The van der Waals surface area contributed by atoms with Crippen molar-refractivity contribution in [2.45, 2.75) is 31.7 Å². The number of benzene rings is 2. The van der Waals surface area contributed by atoms with Crippen LogP contribution in [0.3, 0.4) is 0 Å². The number of amides is 2. The van der Waals surface area contributed by atoms with Crippen molar-refractivity contribution in [3.8, 4) is 0 Å². The Balaban J connectivity index is 1.35. The van der Waals surface area contributed by atoms with Crippen LogP contribution in [0.15, 0.2) is 40.9 Å². The number of rotatable bonds is 3. The minimum absolute atomic E-state index is 0.0192. The van der Waals surface area contributed by atoms with Gasteiger partial charge >= 0.3 is 0 Å². The van der Waals surface area contributed by atoms with E-state index in [1.54, 1.807) is 12.1 Å². The third-order valence-electron chi connectivity index (χ3n) is 6.17. The molecule has 2 amide bonds. The number of hydrogen-bond acceptors (Lipinski definition) is 5. The first-order valence-electron chi connectivity index (χ1n) is 9.80. The number of carbonyl (C=O) groups is 2. The third kappa shape index (κ3) is 2.93. The number of fused-ring (bicyclic) bond motifs is 2. The number of carbonyl (C=O) groups excluding carboxylic acids is 2. The number of halogens is 1. The molecular formula is C22H20FN3O3. The van der Waals surface area contributed by atoms with Crippen molar-refractivity contribution in [2.75, 3.05) is 13.1 Å². The fraction of sp³-hybridized carbons (Fsp3) is 0.318. The summed E-state index contributed by atoms with van der Waals surface area (Å²) in [5.74, 6) is -0.728. The van der Waals surface area contributed by atoms with Crippen LogP contribution in [0.5, 0.6) is 0 Å². The van der Waals surface area contributed by atoms with Crippen LogP contribution in [0.1, 0.15) is 63.7 Å². The predicted molar refractivity (Wildman–Crippen MR) is 104 cm³/mol. The first-order chi connectivity index (χ1) is 14.0. The first-order valence-corrected chi connectivity index (χ1v) is 9.80. The molecule has 3 heterocycles. The number of nitrogens with zero attached hydrogens (tertiary/aromatic N) is 2. The summed E-state index contributed by atoms with van der Waals surface area (Å²) in [4.78, 5) is 26.5. The molecule has 1 aromatic heterocycles. The Hall–Kier alpha value is -3.06. The Morgan fingerprint density at radius 2 is 1.97 bits per heavy atom. The lowest BCUT2D eigenvalue weighted by Gasteiger charge is -2.36. The highest BCUT2D eigenvalue weighted by Crippen LogP contribution is 2.36. The summed E-state index contributed by atoms with van der Waals surface area (Å²) < 4.78 is 18.7. The van der Waals surface area contributed by atoms with Crippen LogP contribution < -0.4 is 5.32 Å². The van der Waals surface area contributed by atoms with E-state index < -0.39 is 0 Å². The fourth-order valence-corrected chi connectivity index (χ4v) is 4.58. The molecule has 1 saturated heterocycles. The zero-order valence-corrected chi connectivity index (χ0v) is 15.9. The molecule has 0 bridgehead atoms. The van der Waals surface area contributed by atoms with Gasteiger partial charge in [0.2, 0.25) is 0 Å². The average Bonchev–Trinajstić information content (AvgIpc) is 3.28. The molecular weight excluding hydrogens is 373 g/mol. The lowest BCUT2D eigenvalue weighted by molar-refractivity contribution is 0.0878. The lowest BCUT2D eigenvalue weighted by Crippen LogP contribution is -2.35. The largest absolute Gasteiger partial charge is 0.356 e. The van der Waals surface area contributed by atoms with Crippen LogP contribution in [0.25, 0.3) is 11.0 Å². The molecule has 2 aliphatic rings. The predicted octanol–water partition coefficient (Wildman–Crippen LogP) is 3.79. The van der Waals surface area contributed by atoms with Gasteiger partial charge in [0, 0.05) is 23.4 Å². The van der Waals surface area contributed by atoms with Gasteiger partial charge in [-0.3, -0.25) is 19.8 Å². The van der Waals surface area contributed by atoms with E-state index in [-0.39, 0.29) is 29.6 Å². The first kappa shape index (κ1) is 18.0. The van der Waals surface area contributed by atoms with E-state index in [4.69, 9.17) is 4.52 Å². The Morgan fingerprint density at radius 3 is 2.76 bits per heavy atom. The number of likely N-dealkylation sites (tertiary alicyclic amines) is 1. The van der Waals surface area contributed by atoms with Crippen LogP contribution in [0.2, 0.25) is 0 Å². The van der Waals surface area contributed by atoms with Crippen LogP contribution in [-0.4, -0.2) is 35.0 Å². The van der Waals surface area contributed by atoms with Gasteiger partial charge in [-0.15, -0.1) is 0 Å². The molecule has 1 unspecified atom stereocenters. The van der Waals surface area contributed by atoms with E-state index >= 15 is 0 Å². The van der Waals surface area contributed by atoms with Gasteiger partial charge in [-0.1, -0.05) is 17.3 Å². The summed E-state index contributed by atoms with van der Waals surface area (Å²) in [6.07, 6.45) is 1.78. The van der Waals surface area contributed by atoms with E-state index in [1.807, 2.05) is 12.1 Å². The maximum absolute atomic E-state index is 13.4. The van der Waals surface area contributed by atoms with Crippen molar-refractivity contribution in [3.63, 3.8) is 0 Å². The van der Waals surface area contributed by atoms with E-state index in [0.29, 0.717) is 16.7 Å². The maximum atomic E-state index is 13.4. The molecule has 1 N–H and O–H groups in total. The summed E-state index contributed by atoms with van der Waals surface area (Å²) in [6.45, 7) is 3.74. The molecule has 148 valence electrons. The van der Waals surface area contributed by atoms with Crippen LogP contribution >= 0.6 is 0 Å². The Morgan fingerprint density at radius 1 is 1.17 bits per heavy atom. The minimum atomic E-state index is -0.332. The molecule has 7 heteroatoms. The second kappa shape index (κ2) is 6.77. The van der Waals surface area contributed by atoms with Crippen LogP contribution in [0, 0.1) is 5.82 Å².